The minimum absolute atomic E-state index is 0.121. The normalized spacial score (nSPS) is 17.5. The fourth-order valence-corrected chi connectivity index (χ4v) is 6.17. The zero-order valence-corrected chi connectivity index (χ0v) is 23.4. The van der Waals surface area contributed by atoms with Crippen LogP contribution in [0.4, 0.5) is 8.78 Å². The van der Waals surface area contributed by atoms with Crippen LogP contribution < -0.4 is 11.0 Å². The zero-order chi connectivity index (χ0) is 28.8. The molecule has 212 valence electrons. The van der Waals surface area contributed by atoms with Crippen LogP contribution in [0.2, 0.25) is 5.02 Å². The van der Waals surface area contributed by atoms with Crippen molar-refractivity contribution in [3.63, 3.8) is 0 Å². The molecule has 0 unspecified atom stereocenters. The van der Waals surface area contributed by atoms with Gasteiger partial charge in [-0.05, 0) is 68.4 Å². The van der Waals surface area contributed by atoms with Gasteiger partial charge in [0.15, 0.2) is 0 Å². The average Bonchev–Trinajstić information content (AvgIpc) is 3.40. The SMILES string of the molecule is Cc1cn(C)c2ncc(-n3c(=O)n(C[C@H]4CC[C@H](NC(=O)c5cc(Cl)cnc5C(F)F)CC4)c4ccccc43)cc12. The lowest BCUT2D eigenvalue weighted by atomic mass is 9.85. The van der Waals surface area contributed by atoms with Crippen molar-refractivity contribution in [3.05, 3.63) is 87.3 Å². The molecule has 1 aromatic carbocycles. The van der Waals surface area contributed by atoms with Crippen molar-refractivity contribution in [2.45, 2.75) is 51.6 Å². The van der Waals surface area contributed by atoms with Crippen LogP contribution in [0.1, 0.15) is 53.7 Å². The number of nitrogens with one attached hydrogen (secondary N) is 1. The van der Waals surface area contributed by atoms with E-state index in [9.17, 15) is 18.4 Å². The molecule has 0 bridgehead atoms. The Hall–Kier alpha value is -4.05. The Kier molecular flexibility index (Phi) is 7.11. The number of rotatable bonds is 6. The van der Waals surface area contributed by atoms with Crippen molar-refractivity contribution in [3.8, 4) is 5.69 Å². The molecule has 6 rings (SSSR count). The van der Waals surface area contributed by atoms with Gasteiger partial charge in [0.1, 0.15) is 11.3 Å². The molecule has 41 heavy (non-hydrogen) atoms. The lowest BCUT2D eigenvalue weighted by Gasteiger charge is -2.29. The molecule has 1 N–H and O–H groups in total. The lowest BCUT2D eigenvalue weighted by Crippen LogP contribution is -2.39. The number of carbonyl (C=O) groups is 1. The lowest BCUT2D eigenvalue weighted by molar-refractivity contribution is 0.0904. The number of para-hydroxylation sites is 2. The number of amides is 1. The Balaban J connectivity index is 1.20. The van der Waals surface area contributed by atoms with Gasteiger partial charge in [0.2, 0.25) is 0 Å². The minimum atomic E-state index is -2.88. The number of aromatic nitrogens is 5. The second kappa shape index (κ2) is 10.7. The van der Waals surface area contributed by atoms with E-state index >= 15 is 0 Å². The molecule has 4 aromatic heterocycles. The summed E-state index contributed by atoms with van der Waals surface area (Å²) in [5.41, 5.74) is 3.45. The second-order valence-corrected chi connectivity index (χ2v) is 11.2. The summed E-state index contributed by atoms with van der Waals surface area (Å²) >= 11 is 5.91. The Morgan fingerprint density at radius 2 is 1.83 bits per heavy atom. The van der Waals surface area contributed by atoms with Crippen LogP contribution in [0, 0.1) is 12.8 Å². The fourth-order valence-electron chi connectivity index (χ4n) is 6.01. The molecular weight excluding hydrogens is 550 g/mol. The number of pyridine rings is 2. The van der Waals surface area contributed by atoms with E-state index in [4.69, 9.17) is 11.6 Å². The van der Waals surface area contributed by atoms with Gasteiger partial charge < -0.3 is 9.88 Å². The van der Waals surface area contributed by atoms with Gasteiger partial charge in [-0.15, -0.1) is 0 Å². The van der Waals surface area contributed by atoms with Crippen molar-refractivity contribution in [2.75, 3.05) is 0 Å². The van der Waals surface area contributed by atoms with Gasteiger partial charge in [-0.2, -0.15) is 0 Å². The third kappa shape index (κ3) is 5.01. The maximum Gasteiger partial charge on any atom is 0.333 e. The number of carbonyl (C=O) groups excluding carboxylic acids is 1. The maximum atomic E-state index is 13.8. The smallest absolute Gasteiger partial charge is 0.333 e. The van der Waals surface area contributed by atoms with Gasteiger partial charge in [-0.25, -0.2) is 18.6 Å². The van der Waals surface area contributed by atoms with Crippen LogP contribution in [0.5, 0.6) is 0 Å². The Morgan fingerprint density at radius 1 is 1.10 bits per heavy atom. The first-order valence-corrected chi connectivity index (χ1v) is 14.0. The third-order valence-corrected chi connectivity index (χ3v) is 8.26. The summed E-state index contributed by atoms with van der Waals surface area (Å²) in [5, 5.41) is 4.01. The molecule has 0 atom stereocenters. The highest BCUT2D eigenvalue weighted by molar-refractivity contribution is 6.30. The molecule has 0 spiro atoms. The van der Waals surface area contributed by atoms with Crippen LogP contribution in [0.25, 0.3) is 27.8 Å². The molecule has 1 amide bonds. The first-order valence-electron chi connectivity index (χ1n) is 13.6. The van der Waals surface area contributed by atoms with Gasteiger partial charge in [0.05, 0.1) is 33.5 Å². The van der Waals surface area contributed by atoms with E-state index in [0.29, 0.717) is 19.4 Å². The first-order chi connectivity index (χ1) is 19.7. The topological polar surface area (TPSA) is 86.7 Å². The van der Waals surface area contributed by atoms with Gasteiger partial charge in [-0.3, -0.25) is 18.9 Å². The average molecular weight is 579 g/mol. The summed E-state index contributed by atoms with van der Waals surface area (Å²) in [7, 11) is 1.95. The predicted molar refractivity (Wildman–Crippen MR) is 154 cm³/mol. The maximum absolute atomic E-state index is 13.8. The highest BCUT2D eigenvalue weighted by Gasteiger charge is 2.27. The van der Waals surface area contributed by atoms with Crippen molar-refractivity contribution >= 4 is 39.6 Å². The summed E-state index contributed by atoms with van der Waals surface area (Å²) in [6.07, 6.45) is 4.91. The number of hydrogen-bond donors (Lipinski definition) is 1. The highest BCUT2D eigenvalue weighted by Crippen LogP contribution is 2.29. The monoisotopic (exact) mass is 578 g/mol. The van der Waals surface area contributed by atoms with Gasteiger partial charge >= 0.3 is 5.69 Å². The molecule has 0 saturated heterocycles. The number of aryl methyl sites for hydroxylation is 2. The first kappa shape index (κ1) is 27.1. The number of hydrogen-bond acceptors (Lipinski definition) is 4. The fraction of sp³-hybridized carbons (Fsp3) is 0.333. The van der Waals surface area contributed by atoms with E-state index in [1.54, 1.807) is 10.8 Å². The van der Waals surface area contributed by atoms with E-state index in [1.807, 2.05) is 59.6 Å². The van der Waals surface area contributed by atoms with Crippen LogP contribution in [-0.2, 0) is 13.6 Å². The molecule has 8 nitrogen and oxygen atoms in total. The van der Waals surface area contributed by atoms with E-state index in [-0.39, 0.29) is 28.2 Å². The van der Waals surface area contributed by atoms with Crippen LogP contribution in [0.3, 0.4) is 0 Å². The van der Waals surface area contributed by atoms with Gasteiger partial charge in [-0.1, -0.05) is 23.7 Å². The van der Waals surface area contributed by atoms with Crippen molar-refractivity contribution in [1.29, 1.82) is 0 Å². The molecule has 0 radical (unpaired) electrons. The number of imidazole rings is 1. The Labute approximate surface area is 239 Å². The molecule has 4 heterocycles. The zero-order valence-electron chi connectivity index (χ0n) is 22.7. The minimum Gasteiger partial charge on any atom is -0.349 e. The standard InChI is InChI=1S/C30H29ClF2N6O2/c1-17-15-37(2)28-22(17)12-21(14-35-28)39-25-6-4-3-5-24(25)38(30(39)41)16-18-7-9-20(10-8-18)36-29(40)23-11-19(31)13-34-26(23)27(32)33/h3-6,11-15,18,20,27H,7-10,16H2,1-2H3,(H,36,40)/t18-,20-. The summed E-state index contributed by atoms with van der Waals surface area (Å²) in [4.78, 5) is 34.9. The largest absolute Gasteiger partial charge is 0.349 e. The second-order valence-electron chi connectivity index (χ2n) is 10.8. The van der Waals surface area contributed by atoms with Crippen LogP contribution in [-0.4, -0.2) is 35.6 Å². The molecule has 0 aliphatic heterocycles. The Bertz CT molecular complexity index is 1830. The van der Waals surface area contributed by atoms with Crippen molar-refractivity contribution in [1.82, 2.24) is 29.0 Å². The van der Waals surface area contributed by atoms with Crippen LogP contribution >= 0.6 is 11.6 Å². The summed E-state index contributed by atoms with van der Waals surface area (Å²) in [6.45, 7) is 2.57. The highest BCUT2D eigenvalue weighted by atomic mass is 35.5. The van der Waals surface area contributed by atoms with E-state index < -0.39 is 18.0 Å². The summed E-state index contributed by atoms with van der Waals surface area (Å²) < 4.78 is 32.3. The number of alkyl halides is 2. The van der Waals surface area contributed by atoms with E-state index in [1.165, 1.54) is 6.07 Å². The predicted octanol–water partition coefficient (Wildman–Crippen LogP) is 5.96. The van der Waals surface area contributed by atoms with E-state index in [0.717, 1.165) is 52.4 Å². The quantitative estimate of drug-likeness (QED) is 0.269. The van der Waals surface area contributed by atoms with Crippen LogP contribution in [0.15, 0.2) is 59.8 Å². The number of halogens is 3. The molecule has 5 aromatic rings. The molecule has 1 fully saturated rings. The van der Waals surface area contributed by atoms with Gasteiger partial charge in [0.25, 0.3) is 12.3 Å². The Morgan fingerprint density at radius 3 is 2.56 bits per heavy atom. The van der Waals surface area contributed by atoms with Gasteiger partial charge in [0, 0.05) is 37.4 Å². The number of nitrogens with zero attached hydrogens (tertiary/aromatic N) is 5. The molecule has 1 aliphatic carbocycles. The van der Waals surface area contributed by atoms with Crippen molar-refractivity contribution < 1.29 is 13.6 Å². The molecule has 11 heteroatoms. The molecule has 1 aliphatic rings. The van der Waals surface area contributed by atoms with E-state index in [2.05, 4.69) is 15.3 Å². The summed E-state index contributed by atoms with van der Waals surface area (Å²) in [5.74, 6) is -0.376. The van der Waals surface area contributed by atoms with Crippen molar-refractivity contribution in [2.24, 2.45) is 13.0 Å². The molecule has 1 saturated carbocycles. The molecular formula is C30H29ClF2N6O2. The number of benzene rings is 1. The third-order valence-electron chi connectivity index (χ3n) is 8.05. The number of fused-ring (bicyclic) bond motifs is 2. The summed E-state index contributed by atoms with van der Waals surface area (Å²) in [6, 6.07) is 10.8.